The van der Waals surface area contributed by atoms with Crippen molar-refractivity contribution in [3.63, 3.8) is 0 Å². The van der Waals surface area contributed by atoms with Gasteiger partial charge in [-0.1, -0.05) is 0 Å². The molecule has 0 radical (unpaired) electrons. The Morgan fingerprint density at radius 2 is 2.17 bits per heavy atom. The molecule has 0 aliphatic rings. The topological polar surface area (TPSA) is 58.4 Å². The summed E-state index contributed by atoms with van der Waals surface area (Å²) in [5, 5.41) is 2.85. The molecular weight excluding hydrogens is 233 g/mol. The third-order valence-corrected chi connectivity index (χ3v) is 2.65. The van der Waals surface area contributed by atoms with E-state index in [1.165, 1.54) is 18.2 Å². The normalized spacial score (nSPS) is 12.5. The second-order valence-corrected chi connectivity index (χ2v) is 4.70. The first kappa shape index (κ1) is 14.4. The molecule has 1 unspecified atom stereocenters. The van der Waals surface area contributed by atoms with Gasteiger partial charge in [-0.2, -0.15) is 0 Å². The summed E-state index contributed by atoms with van der Waals surface area (Å²) in [5.74, 6) is -0.736. The Hall–Kier alpha value is -1.62. The minimum Gasteiger partial charge on any atom is -0.396 e. The van der Waals surface area contributed by atoms with Gasteiger partial charge in [0.15, 0.2) is 0 Å². The van der Waals surface area contributed by atoms with Gasteiger partial charge in [-0.05, 0) is 52.2 Å². The highest BCUT2D eigenvalue weighted by Crippen LogP contribution is 2.12. The first-order valence-corrected chi connectivity index (χ1v) is 5.90. The van der Waals surface area contributed by atoms with E-state index in [-0.39, 0.29) is 17.6 Å². The fraction of sp³-hybridized carbons (Fsp3) is 0.462. The van der Waals surface area contributed by atoms with E-state index in [0.717, 1.165) is 13.0 Å². The summed E-state index contributed by atoms with van der Waals surface area (Å²) in [6.45, 7) is 2.83. The molecule has 0 spiro atoms. The summed E-state index contributed by atoms with van der Waals surface area (Å²) in [6.07, 6.45) is 0.857. The van der Waals surface area contributed by atoms with Gasteiger partial charge < -0.3 is 16.0 Å². The molecular formula is C13H20FN3O. The third kappa shape index (κ3) is 4.33. The molecule has 1 aromatic carbocycles. The Morgan fingerprint density at radius 3 is 2.72 bits per heavy atom. The second kappa shape index (κ2) is 6.35. The largest absolute Gasteiger partial charge is 0.396 e. The van der Waals surface area contributed by atoms with Crippen molar-refractivity contribution in [2.75, 3.05) is 26.4 Å². The monoisotopic (exact) mass is 253 g/mol. The number of nitrogens with zero attached hydrogens (tertiary/aromatic N) is 1. The van der Waals surface area contributed by atoms with Crippen molar-refractivity contribution in [2.45, 2.75) is 19.4 Å². The van der Waals surface area contributed by atoms with Crippen molar-refractivity contribution < 1.29 is 9.18 Å². The predicted octanol–water partition coefficient (Wildman–Crippen LogP) is 1.48. The van der Waals surface area contributed by atoms with Crippen LogP contribution in [-0.4, -0.2) is 37.5 Å². The Bertz CT molecular complexity index is 421. The van der Waals surface area contributed by atoms with Gasteiger partial charge in [0.2, 0.25) is 0 Å². The van der Waals surface area contributed by atoms with Gasteiger partial charge in [0.25, 0.3) is 5.91 Å². The number of hydrogen-bond acceptors (Lipinski definition) is 3. The quantitative estimate of drug-likeness (QED) is 0.781. The highest BCUT2D eigenvalue weighted by Gasteiger charge is 2.11. The average molecular weight is 253 g/mol. The molecule has 18 heavy (non-hydrogen) atoms. The van der Waals surface area contributed by atoms with Crippen LogP contribution in [0.5, 0.6) is 0 Å². The van der Waals surface area contributed by atoms with Crippen LogP contribution in [0.1, 0.15) is 23.7 Å². The van der Waals surface area contributed by atoms with Crippen molar-refractivity contribution in [2.24, 2.45) is 0 Å². The molecule has 0 aliphatic heterocycles. The van der Waals surface area contributed by atoms with Crippen LogP contribution in [0.4, 0.5) is 10.1 Å². The van der Waals surface area contributed by atoms with E-state index in [2.05, 4.69) is 10.2 Å². The van der Waals surface area contributed by atoms with Crippen LogP contribution in [0, 0.1) is 5.82 Å². The lowest BCUT2D eigenvalue weighted by molar-refractivity contribution is 0.0937. The third-order valence-electron chi connectivity index (χ3n) is 2.65. The lowest BCUT2D eigenvalue weighted by atomic mass is 10.1. The maximum Gasteiger partial charge on any atom is 0.251 e. The molecule has 100 valence electrons. The lowest BCUT2D eigenvalue weighted by Gasteiger charge is -2.16. The smallest absolute Gasteiger partial charge is 0.251 e. The van der Waals surface area contributed by atoms with Crippen LogP contribution in [-0.2, 0) is 0 Å². The van der Waals surface area contributed by atoms with Gasteiger partial charge in [-0.15, -0.1) is 0 Å². The van der Waals surface area contributed by atoms with E-state index in [9.17, 15) is 9.18 Å². The van der Waals surface area contributed by atoms with Gasteiger partial charge >= 0.3 is 0 Å². The Morgan fingerprint density at radius 1 is 1.50 bits per heavy atom. The Kier molecular flexibility index (Phi) is 5.09. The molecule has 0 aliphatic carbocycles. The molecule has 0 fully saturated rings. The van der Waals surface area contributed by atoms with E-state index in [1.54, 1.807) is 0 Å². The zero-order valence-corrected chi connectivity index (χ0v) is 11.0. The van der Waals surface area contributed by atoms with E-state index in [1.807, 2.05) is 21.0 Å². The number of rotatable bonds is 5. The zero-order valence-electron chi connectivity index (χ0n) is 11.0. The van der Waals surface area contributed by atoms with E-state index < -0.39 is 5.82 Å². The number of nitrogen functional groups attached to an aromatic ring is 1. The fourth-order valence-electron chi connectivity index (χ4n) is 1.52. The van der Waals surface area contributed by atoms with Gasteiger partial charge in [0.05, 0.1) is 5.69 Å². The molecule has 1 rings (SSSR count). The Labute approximate surface area is 107 Å². The summed E-state index contributed by atoms with van der Waals surface area (Å²) >= 11 is 0. The highest BCUT2D eigenvalue weighted by atomic mass is 19.1. The molecule has 0 bridgehead atoms. The first-order valence-electron chi connectivity index (χ1n) is 5.90. The van der Waals surface area contributed by atoms with Crippen LogP contribution in [0.15, 0.2) is 18.2 Å². The molecule has 3 N–H and O–H groups in total. The number of carbonyl (C=O) groups excluding carboxylic acids is 1. The molecule has 0 aromatic heterocycles. The van der Waals surface area contributed by atoms with Crippen molar-refractivity contribution in [1.82, 2.24) is 10.2 Å². The molecule has 5 heteroatoms. The number of amides is 1. The summed E-state index contributed by atoms with van der Waals surface area (Å²) in [7, 11) is 3.96. The summed E-state index contributed by atoms with van der Waals surface area (Å²) in [5.41, 5.74) is 5.80. The SMILES string of the molecule is CC(CCN(C)C)NC(=O)c1ccc(F)c(N)c1. The van der Waals surface area contributed by atoms with Crippen LogP contribution in [0.2, 0.25) is 0 Å². The minimum atomic E-state index is -0.507. The Balaban J connectivity index is 2.56. The van der Waals surface area contributed by atoms with Crippen LogP contribution in [0.25, 0.3) is 0 Å². The first-order chi connectivity index (χ1) is 8.40. The lowest BCUT2D eigenvalue weighted by Crippen LogP contribution is -2.34. The zero-order chi connectivity index (χ0) is 13.7. The van der Waals surface area contributed by atoms with Crippen LogP contribution >= 0.6 is 0 Å². The van der Waals surface area contributed by atoms with Gasteiger partial charge in [0, 0.05) is 11.6 Å². The van der Waals surface area contributed by atoms with E-state index >= 15 is 0 Å². The number of carbonyl (C=O) groups is 1. The molecule has 0 saturated heterocycles. The maximum atomic E-state index is 13.0. The van der Waals surface area contributed by atoms with E-state index in [0.29, 0.717) is 5.56 Å². The van der Waals surface area contributed by atoms with Gasteiger partial charge in [0.1, 0.15) is 5.82 Å². The minimum absolute atomic E-state index is 0.0106. The standard InChI is InChI=1S/C13H20FN3O/c1-9(6-7-17(2)3)16-13(18)10-4-5-11(14)12(15)8-10/h4-5,8-9H,6-7,15H2,1-3H3,(H,16,18). The number of halogens is 1. The second-order valence-electron chi connectivity index (χ2n) is 4.70. The van der Waals surface area contributed by atoms with Crippen LogP contribution in [0.3, 0.4) is 0 Å². The van der Waals surface area contributed by atoms with E-state index in [4.69, 9.17) is 5.73 Å². The van der Waals surface area contributed by atoms with Crippen molar-refractivity contribution in [1.29, 1.82) is 0 Å². The van der Waals surface area contributed by atoms with Gasteiger partial charge in [-0.3, -0.25) is 4.79 Å². The maximum absolute atomic E-state index is 13.0. The number of nitrogens with one attached hydrogen (secondary N) is 1. The highest BCUT2D eigenvalue weighted by molar-refractivity contribution is 5.95. The molecule has 0 saturated carbocycles. The van der Waals surface area contributed by atoms with Crippen molar-refractivity contribution >= 4 is 11.6 Å². The molecule has 4 nitrogen and oxygen atoms in total. The molecule has 1 amide bonds. The number of hydrogen-bond donors (Lipinski definition) is 2. The summed E-state index contributed by atoms with van der Waals surface area (Å²) in [4.78, 5) is 13.9. The van der Waals surface area contributed by atoms with Crippen molar-refractivity contribution in [3.8, 4) is 0 Å². The summed E-state index contributed by atoms with van der Waals surface area (Å²) in [6, 6.07) is 4.05. The summed E-state index contributed by atoms with van der Waals surface area (Å²) < 4.78 is 13.0. The number of anilines is 1. The number of nitrogens with two attached hydrogens (primary N) is 1. The van der Waals surface area contributed by atoms with Crippen LogP contribution < -0.4 is 11.1 Å². The van der Waals surface area contributed by atoms with Gasteiger partial charge in [-0.25, -0.2) is 4.39 Å². The fourth-order valence-corrected chi connectivity index (χ4v) is 1.52. The molecule has 1 aromatic rings. The predicted molar refractivity (Wildman–Crippen MR) is 70.9 cm³/mol. The molecule has 1 atom stereocenters. The average Bonchev–Trinajstić information content (AvgIpc) is 2.30. The van der Waals surface area contributed by atoms with Crippen molar-refractivity contribution in [3.05, 3.63) is 29.6 Å². The molecule has 0 heterocycles. The number of benzene rings is 1.